The van der Waals surface area contributed by atoms with Crippen molar-refractivity contribution in [3.8, 4) is 0 Å². The number of amides is 4. The average Bonchev–Trinajstić information content (AvgIpc) is 3.38. The van der Waals surface area contributed by atoms with Crippen LogP contribution in [0.25, 0.3) is 0 Å². The van der Waals surface area contributed by atoms with Crippen molar-refractivity contribution in [2.24, 2.45) is 5.92 Å². The number of anilines is 1. The van der Waals surface area contributed by atoms with Gasteiger partial charge in [0.25, 0.3) is 5.91 Å². The number of ether oxygens (including phenoxy) is 1. The molecule has 27 heavy (non-hydrogen) atoms. The summed E-state index contributed by atoms with van der Waals surface area (Å²) < 4.78 is 5.33. The van der Waals surface area contributed by atoms with Gasteiger partial charge in [0.05, 0.1) is 18.9 Å². The van der Waals surface area contributed by atoms with Crippen LogP contribution in [-0.4, -0.2) is 71.0 Å². The van der Waals surface area contributed by atoms with Crippen LogP contribution in [0.3, 0.4) is 0 Å². The highest BCUT2D eigenvalue weighted by Crippen LogP contribution is 2.42. The zero-order valence-electron chi connectivity index (χ0n) is 15.2. The van der Waals surface area contributed by atoms with Crippen molar-refractivity contribution in [3.63, 3.8) is 0 Å². The van der Waals surface area contributed by atoms with E-state index >= 15 is 0 Å². The van der Waals surface area contributed by atoms with E-state index in [1.165, 1.54) is 11.3 Å². The van der Waals surface area contributed by atoms with Gasteiger partial charge in [-0.25, -0.2) is 9.78 Å². The molecule has 1 atom stereocenters. The van der Waals surface area contributed by atoms with Gasteiger partial charge >= 0.3 is 6.03 Å². The standard InChI is InChI=1S/C17H23N5O4S/c1-17(11-2-3-11)14(24)22(16(25)20-17)9-13(23)19-15-18-12(10-27-15)8-21-4-6-26-7-5-21/h10-11H,2-9H2,1H3,(H,20,25)(H,18,19,23). The average molecular weight is 393 g/mol. The number of rotatable bonds is 6. The molecule has 3 heterocycles. The minimum atomic E-state index is -0.871. The summed E-state index contributed by atoms with van der Waals surface area (Å²) in [7, 11) is 0. The molecule has 10 heteroatoms. The van der Waals surface area contributed by atoms with Crippen LogP contribution in [-0.2, 0) is 20.9 Å². The maximum atomic E-state index is 12.6. The first-order valence-electron chi connectivity index (χ1n) is 9.14. The van der Waals surface area contributed by atoms with Crippen molar-refractivity contribution in [2.45, 2.75) is 31.8 Å². The summed E-state index contributed by atoms with van der Waals surface area (Å²) in [5, 5.41) is 7.81. The summed E-state index contributed by atoms with van der Waals surface area (Å²) in [5.74, 6) is -0.577. The predicted molar refractivity (Wildman–Crippen MR) is 98.2 cm³/mol. The lowest BCUT2D eigenvalue weighted by atomic mass is 9.96. The molecule has 1 aliphatic carbocycles. The van der Waals surface area contributed by atoms with Crippen molar-refractivity contribution in [1.29, 1.82) is 0 Å². The van der Waals surface area contributed by atoms with Gasteiger partial charge in [-0.05, 0) is 25.7 Å². The van der Waals surface area contributed by atoms with E-state index in [4.69, 9.17) is 4.74 Å². The second kappa shape index (κ2) is 7.17. The third kappa shape index (κ3) is 3.83. The first kappa shape index (κ1) is 18.3. The van der Waals surface area contributed by atoms with Crippen LogP contribution in [0.4, 0.5) is 9.93 Å². The van der Waals surface area contributed by atoms with Crippen LogP contribution in [0.5, 0.6) is 0 Å². The molecule has 146 valence electrons. The number of nitrogens with zero attached hydrogens (tertiary/aromatic N) is 3. The summed E-state index contributed by atoms with van der Waals surface area (Å²) in [6.45, 7) is 5.32. The summed E-state index contributed by atoms with van der Waals surface area (Å²) in [5.41, 5.74) is 0.0117. The Morgan fingerprint density at radius 3 is 2.85 bits per heavy atom. The second-order valence-electron chi connectivity index (χ2n) is 7.38. The Morgan fingerprint density at radius 1 is 1.41 bits per heavy atom. The van der Waals surface area contributed by atoms with E-state index in [0.29, 0.717) is 11.7 Å². The number of aromatic nitrogens is 1. The third-order valence-electron chi connectivity index (χ3n) is 5.28. The van der Waals surface area contributed by atoms with Gasteiger partial charge in [-0.15, -0.1) is 11.3 Å². The van der Waals surface area contributed by atoms with Gasteiger partial charge < -0.3 is 15.4 Å². The van der Waals surface area contributed by atoms with Crippen molar-refractivity contribution >= 4 is 34.3 Å². The lowest BCUT2D eigenvalue weighted by Gasteiger charge is -2.25. The predicted octanol–water partition coefficient (Wildman–Crippen LogP) is 0.634. The van der Waals surface area contributed by atoms with Crippen molar-refractivity contribution in [3.05, 3.63) is 11.1 Å². The first-order valence-corrected chi connectivity index (χ1v) is 10.0. The highest BCUT2D eigenvalue weighted by Gasteiger charge is 2.56. The molecule has 4 amide bonds. The smallest absolute Gasteiger partial charge is 0.325 e. The molecule has 1 saturated carbocycles. The molecule has 2 N–H and O–H groups in total. The van der Waals surface area contributed by atoms with Gasteiger partial charge in [0, 0.05) is 25.0 Å². The van der Waals surface area contributed by atoms with E-state index in [0.717, 1.165) is 49.7 Å². The molecule has 9 nitrogen and oxygen atoms in total. The minimum Gasteiger partial charge on any atom is -0.379 e. The zero-order chi connectivity index (χ0) is 19.0. The SMILES string of the molecule is CC1(C2CC2)NC(=O)N(CC(=O)Nc2nc(CN3CCOCC3)cs2)C1=O. The molecule has 2 aliphatic heterocycles. The van der Waals surface area contributed by atoms with E-state index in [1.807, 2.05) is 5.38 Å². The summed E-state index contributed by atoms with van der Waals surface area (Å²) >= 11 is 1.34. The number of nitrogens with one attached hydrogen (secondary N) is 2. The number of imide groups is 1. The van der Waals surface area contributed by atoms with Crippen LogP contribution in [0.1, 0.15) is 25.5 Å². The molecule has 0 radical (unpaired) electrons. The number of carbonyl (C=O) groups excluding carboxylic acids is 3. The second-order valence-corrected chi connectivity index (χ2v) is 8.24. The fourth-order valence-electron chi connectivity index (χ4n) is 3.52. The summed E-state index contributed by atoms with van der Waals surface area (Å²) in [6.07, 6.45) is 1.85. The van der Waals surface area contributed by atoms with Gasteiger partial charge in [0.2, 0.25) is 5.91 Å². The van der Waals surface area contributed by atoms with Gasteiger partial charge in [0.15, 0.2) is 5.13 Å². The molecule has 0 spiro atoms. The Morgan fingerprint density at radius 2 is 2.15 bits per heavy atom. The molecule has 1 aromatic heterocycles. The van der Waals surface area contributed by atoms with Crippen LogP contribution >= 0.6 is 11.3 Å². The molecule has 0 bridgehead atoms. The maximum absolute atomic E-state index is 12.6. The molecule has 1 unspecified atom stereocenters. The summed E-state index contributed by atoms with van der Waals surface area (Å²) in [4.78, 5) is 44.7. The Bertz CT molecular complexity index is 758. The largest absolute Gasteiger partial charge is 0.379 e. The highest BCUT2D eigenvalue weighted by atomic mass is 32.1. The number of thiazole rings is 1. The van der Waals surface area contributed by atoms with Crippen molar-refractivity contribution in [1.82, 2.24) is 20.1 Å². The number of hydrogen-bond donors (Lipinski definition) is 2. The topological polar surface area (TPSA) is 104 Å². The zero-order valence-corrected chi connectivity index (χ0v) is 16.0. The quantitative estimate of drug-likeness (QED) is 0.687. The third-order valence-corrected chi connectivity index (χ3v) is 6.09. The minimum absolute atomic E-state index is 0.170. The number of urea groups is 1. The van der Waals surface area contributed by atoms with Crippen LogP contribution in [0, 0.1) is 5.92 Å². The maximum Gasteiger partial charge on any atom is 0.325 e. The van der Waals surface area contributed by atoms with Gasteiger partial charge in [-0.1, -0.05) is 0 Å². The normalized spacial score (nSPS) is 26.3. The molecule has 2 saturated heterocycles. The van der Waals surface area contributed by atoms with Crippen molar-refractivity contribution < 1.29 is 19.1 Å². The van der Waals surface area contributed by atoms with E-state index < -0.39 is 17.5 Å². The Balaban J connectivity index is 1.32. The van der Waals surface area contributed by atoms with Crippen LogP contribution in [0.2, 0.25) is 0 Å². The number of morpholine rings is 1. The summed E-state index contributed by atoms with van der Waals surface area (Å²) in [6, 6.07) is -0.503. The van der Waals surface area contributed by atoms with E-state index in [1.54, 1.807) is 6.92 Å². The lowest BCUT2D eigenvalue weighted by Crippen LogP contribution is -2.46. The van der Waals surface area contributed by atoms with Gasteiger partial charge in [-0.2, -0.15) is 0 Å². The Hall–Kier alpha value is -2.04. The number of carbonyl (C=O) groups is 3. The van der Waals surface area contributed by atoms with E-state index in [2.05, 4.69) is 20.5 Å². The molecule has 4 rings (SSSR count). The fourth-order valence-corrected chi connectivity index (χ4v) is 4.24. The molecule has 0 aromatic carbocycles. The monoisotopic (exact) mass is 393 g/mol. The van der Waals surface area contributed by atoms with Crippen molar-refractivity contribution in [2.75, 3.05) is 38.2 Å². The molecule has 1 aromatic rings. The Kier molecular flexibility index (Phi) is 4.87. The highest BCUT2D eigenvalue weighted by molar-refractivity contribution is 7.13. The molecule has 3 fully saturated rings. The van der Waals surface area contributed by atoms with E-state index in [-0.39, 0.29) is 18.4 Å². The van der Waals surface area contributed by atoms with Gasteiger partial charge in [0.1, 0.15) is 12.1 Å². The molecular formula is C17H23N5O4S. The van der Waals surface area contributed by atoms with Crippen LogP contribution < -0.4 is 10.6 Å². The van der Waals surface area contributed by atoms with E-state index in [9.17, 15) is 14.4 Å². The number of hydrogen-bond acceptors (Lipinski definition) is 7. The fraction of sp³-hybridized carbons (Fsp3) is 0.647. The first-order chi connectivity index (χ1) is 13.0. The lowest BCUT2D eigenvalue weighted by molar-refractivity contribution is -0.134. The Labute approximate surface area is 161 Å². The van der Waals surface area contributed by atoms with Gasteiger partial charge in [-0.3, -0.25) is 19.4 Å². The molecular weight excluding hydrogens is 370 g/mol. The molecule has 3 aliphatic rings. The van der Waals surface area contributed by atoms with Crippen LogP contribution in [0.15, 0.2) is 5.38 Å².